The monoisotopic (exact) mass is 622 g/mol. The van der Waals surface area contributed by atoms with Gasteiger partial charge in [-0.3, -0.25) is 9.59 Å². The molecule has 0 aliphatic heterocycles. The van der Waals surface area contributed by atoms with E-state index in [2.05, 4.69) is 19.4 Å². The number of aromatic nitrogens is 2. The third-order valence-electron chi connectivity index (χ3n) is 6.26. The molecule has 8 nitrogen and oxygen atoms in total. The third-order valence-corrected chi connectivity index (χ3v) is 6.26. The second-order valence-electron chi connectivity index (χ2n) is 9.28. The summed E-state index contributed by atoms with van der Waals surface area (Å²) in [6.45, 7) is 3.11. The smallest absolute Gasteiger partial charge is 0.416 e. The number of rotatable bonds is 4. The standard InChI is InChI=1S/2C15H12F3NO3/c2*1-8-6-11(13(20)19-12(8)14(21)22-2)9-4-3-5-10(7-9)15(16,17)18/h2*3-7H,1-2H3,(H,19,20). The number of alkyl halides is 6. The average Bonchev–Trinajstić information content (AvgIpc) is 2.97. The van der Waals surface area contributed by atoms with Crippen molar-refractivity contribution in [1.82, 2.24) is 9.97 Å². The molecule has 0 radical (unpaired) electrons. The van der Waals surface area contributed by atoms with Crippen molar-refractivity contribution in [2.45, 2.75) is 26.2 Å². The number of pyridine rings is 2. The highest BCUT2D eigenvalue weighted by Crippen LogP contribution is 2.33. The summed E-state index contributed by atoms with van der Waals surface area (Å²) >= 11 is 0. The highest BCUT2D eigenvalue weighted by molar-refractivity contribution is 5.90. The van der Waals surface area contributed by atoms with Crippen LogP contribution in [0, 0.1) is 13.8 Å². The molecule has 4 aromatic rings. The van der Waals surface area contributed by atoms with E-state index >= 15 is 0 Å². The lowest BCUT2D eigenvalue weighted by atomic mass is 10.0. The molecule has 0 spiro atoms. The first-order chi connectivity index (χ1) is 20.5. The van der Waals surface area contributed by atoms with Crippen LogP contribution < -0.4 is 11.1 Å². The molecule has 0 bridgehead atoms. The van der Waals surface area contributed by atoms with Crippen LogP contribution in [0.25, 0.3) is 22.3 Å². The molecule has 0 atom stereocenters. The number of carbonyl (C=O) groups excluding carboxylic acids is 2. The number of H-pyrrole nitrogens is 2. The van der Waals surface area contributed by atoms with Crippen molar-refractivity contribution in [2.24, 2.45) is 0 Å². The molecule has 2 heterocycles. The lowest BCUT2D eigenvalue weighted by molar-refractivity contribution is -0.138. The summed E-state index contributed by atoms with van der Waals surface area (Å²) in [5.41, 5.74) is -1.92. The van der Waals surface area contributed by atoms with Crippen molar-refractivity contribution in [3.05, 3.63) is 115 Å². The van der Waals surface area contributed by atoms with Gasteiger partial charge in [0.25, 0.3) is 11.1 Å². The number of ether oxygens (including phenoxy) is 2. The van der Waals surface area contributed by atoms with Gasteiger partial charge in [0.05, 0.1) is 25.3 Å². The van der Waals surface area contributed by atoms with Crippen molar-refractivity contribution >= 4 is 11.9 Å². The molecule has 0 aliphatic carbocycles. The van der Waals surface area contributed by atoms with Crippen LogP contribution in [-0.4, -0.2) is 36.1 Å². The maximum Gasteiger partial charge on any atom is 0.416 e. The summed E-state index contributed by atoms with van der Waals surface area (Å²) in [7, 11) is 2.33. The van der Waals surface area contributed by atoms with Crippen LogP contribution in [0.4, 0.5) is 26.3 Å². The normalized spacial score (nSPS) is 11.3. The SMILES string of the molecule is COC(=O)c1[nH]c(=O)c(-c2cccc(C(F)(F)F)c2)cc1C.COC(=O)c1[nH]c(=O)c(-c2cccc(C(F)(F)F)c2)cc1C. The number of hydrogen-bond donors (Lipinski definition) is 2. The molecule has 14 heteroatoms. The highest BCUT2D eigenvalue weighted by Gasteiger charge is 2.31. The van der Waals surface area contributed by atoms with E-state index in [1.54, 1.807) is 13.8 Å². The number of carbonyl (C=O) groups is 2. The molecule has 0 saturated carbocycles. The van der Waals surface area contributed by atoms with E-state index in [0.29, 0.717) is 11.1 Å². The summed E-state index contributed by atoms with van der Waals surface area (Å²) in [6, 6.07) is 11.6. The van der Waals surface area contributed by atoms with E-state index < -0.39 is 46.5 Å². The van der Waals surface area contributed by atoms with Crippen LogP contribution in [0.3, 0.4) is 0 Å². The van der Waals surface area contributed by atoms with Crippen molar-refractivity contribution in [3.63, 3.8) is 0 Å². The Kier molecular flexibility index (Phi) is 9.87. The predicted molar refractivity (Wildman–Crippen MR) is 147 cm³/mol. The van der Waals surface area contributed by atoms with Gasteiger partial charge >= 0.3 is 24.3 Å². The Morgan fingerprint density at radius 2 is 0.955 bits per heavy atom. The molecule has 0 aliphatic rings. The van der Waals surface area contributed by atoms with Gasteiger partial charge in [-0.15, -0.1) is 0 Å². The van der Waals surface area contributed by atoms with Crippen molar-refractivity contribution in [1.29, 1.82) is 0 Å². The van der Waals surface area contributed by atoms with Crippen molar-refractivity contribution in [2.75, 3.05) is 14.2 Å². The number of esters is 2. The zero-order valence-corrected chi connectivity index (χ0v) is 23.5. The summed E-state index contributed by atoms with van der Waals surface area (Å²) in [4.78, 5) is 51.7. The van der Waals surface area contributed by atoms with Crippen LogP contribution in [0.5, 0.6) is 0 Å². The quantitative estimate of drug-likeness (QED) is 0.204. The summed E-state index contributed by atoms with van der Waals surface area (Å²) < 4.78 is 85.4. The summed E-state index contributed by atoms with van der Waals surface area (Å²) in [6.07, 6.45) is -8.99. The molecule has 0 saturated heterocycles. The zero-order valence-electron chi connectivity index (χ0n) is 23.5. The highest BCUT2D eigenvalue weighted by atomic mass is 19.4. The summed E-state index contributed by atoms with van der Waals surface area (Å²) in [5.74, 6) is -1.43. The molecule has 2 N–H and O–H groups in total. The van der Waals surface area contributed by atoms with Crippen molar-refractivity contribution < 1.29 is 45.4 Å². The number of nitrogens with one attached hydrogen (secondary N) is 2. The fourth-order valence-corrected chi connectivity index (χ4v) is 4.05. The van der Waals surface area contributed by atoms with Gasteiger partial charge < -0.3 is 19.4 Å². The first-order valence-electron chi connectivity index (χ1n) is 12.5. The second-order valence-corrected chi connectivity index (χ2v) is 9.28. The number of benzene rings is 2. The van der Waals surface area contributed by atoms with Gasteiger partial charge in [-0.05, 0) is 72.5 Å². The van der Waals surface area contributed by atoms with E-state index in [0.717, 1.165) is 24.3 Å². The number of aromatic amines is 2. The molecule has 0 fully saturated rings. The molecular formula is C30H24F6N2O6. The minimum absolute atomic E-state index is 0.0248. The van der Waals surface area contributed by atoms with Gasteiger partial charge in [0.2, 0.25) is 0 Å². The van der Waals surface area contributed by atoms with Gasteiger partial charge in [-0.2, -0.15) is 26.3 Å². The molecule has 2 aromatic heterocycles. The fraction of sp³-hybridized carbons (Fsp3) is 0.200. The number of methoxy groups -OCH3 is 2. The van der Waals surface area contributed by atoms with Gasteiger partial charge in [-0.1, -0.05) is 24.3 Å². The minimum atomic E-state index is -4.50. The van der Waals surface area contributed by atoms with Crippen LogP contribution in [-0.2, 0) is 21.8 Å². The maximum atomic E-state index is 12.7. The minimum Gasteiger partial charge on any atom is -0.464 e. The Bertz CT molecular complexity index is 1690. The van der Waals surface area contributed by atoms with Crippen LogP contribution in [0.1, 0.15) is 43.2 Å². The molecular weight excluding hydrogens is 598 g/mol. The molecule has 232 valence electrons. The largest absolute Gasteiger partial charge is 0.464 e. The van der Waals surface area contributed by atoms with Gasteiger partial charge in [0.1, 0.15) is 11.4 Å². The first-order valence-corrected chi connectivity index (χ1v) is 12.5. The van der Waals surface area contributed by atoms with E-state index in [-0.39, 0.29) is 33.6 Å². The Balaban J connectivity index is 0.000000240. The fourth-order valence-electron chi connectivity index (χ4n) is 4.05. The maximum absolute atomic E-state index is 12.7. The van der Waals surface area contributed by atoms with E-state index in [4.69, 9.17) is 0 Å². The van der Waals surface area contributed by atoms with Crippen LogP contribution >= 0.6 is 0 Å². The van der Waals surface area contributed by atoms with Crippen LogP contribution in [0.15, 0.2) is 70.3 Å². The molecule has 0 unspecified atom stereocenters. The van der Waals surface area contributed by atoms with E-state index in [9.17, 15) is 45.5 Å². The molecule has 44 heavy (non-hydrogen) atoms. The van der Waals surface area contributed by atoms with Gasteiger partial charge in [0, 0.05) is 11.1 Å². The Hall–Kier alpha value is -5.14. The number of aryl methyl sites for hydroxylation is 2. The zero-order chi connectivity index (χ0) is 33.0. The Morgan fingerprint density at radius 3 is 1.25 bits per heavy atom. The van der Waals surface area contributed by atoms with Crippen molar-refractivity contribution in [3.8, 4) is 22.3 Å². The average molecular weight is 623 g/mol. The van der Waals surface area contributed by atoms with Gasteiger partial charge in [0.15, 0.2) is 0 Å². The summed E-state index contributed by atoms with van der Waals surface area (Å²) in [5, 5.41) is 0. The number of halogens is 6. The Morgan fingerprint density at radius 1 is 0.614 bits per heavy atom. The van der Waals surface area contributed by atoms with Crippen LogP contribution in [0.2, 0.25) is 0 Å². The molecule has 0 amide bonds. The first kappa shape index (κ1) is 33.4. The molecule has 4 rings (SSSR count). The lowest BCUT2D eigenvalue weighted by Gasteiger charge is -2.10. The van der Waals surface area contributed by atoms with Gasteiger partial charge in [-0.25, -0.2) is 9.59 Å². The second kappa shape index (κ2) is 13.0. The van der Waals surface area contributed by atoms with E-state index in [1.807, 2.05) is 0 Å². The predicted octanol–water partition coefficient (Wildman–Crippen LogP) is 6.31. The lowest BCUT2D eigenvalue weighted by Crippen LogP contribution is -2.17. The number of hydrogen-bond acceptors (Lipinski definition) is 6. The van der Waals surface area contributed by atoms with E-state index in [1.165, 1.54) is 50.6 Å². The third kappa shape index (κ3) is 7.62. The Labute approximate surface area is 245 Å². The topological polar surface area (TPSA) is 118 Å². The molecule has 2 aromatic carbocycles.